The van der Waals surface area contributed by atoms with Gasteiger partial charge in [0.05, 0.1) is 11.5 Å². The molecule has 6 heteroatoms. The van der Waals surface area contributed by atoms with Crippen LogP contribution in [-0.4, -0.2) is 28.6 Å². The quantitative estimate of drug-likeness (QED) is 0.929. The van der Waals surface area contributed by atoms with Crippen molar-refractivity contribution in [3.8, 4) is 0 Å². The summed E-state index contributed by atoms with van der Waals surface area (Å²) in [5, 5.41) is 9.04. The Morgan fingerprint density at radius 2 is 1.95 bits per heavy atom. The summed E-state index contributed by atoms with van der Waals surface area (Å²) in [6, 6.07) is 4.91. The first-order valence-electron chi connectivity index (χ1n) is 6.42. The van der Waals surface area contributed by atoms with Crippen LogP contribution in [0.1, 0.15) is 24.5 Å². The van der Waals surface area contributed by atoms with Gasteiger partial charge in [0.15, 0.2) is 0 Å². The summed E-state index contributed by atoms with van der Waals surface area (Å²) in [5.41, 5.74) is 0.0926. The lowest BCUT2D eigenvalue weighted by molar-refractivity contribution is -0.142. The van der Waals surface area contributed by atoms with Gasteiger partial charge in [-0.1, -0.05) is 12.1 Å². The zero-order valence-electron chi connectivity index (χ0n) is 11.0. The number of alkyl halides is 3. The predicted octanol–water partition coefficient (Wildman–Crippen LogP) is 3.00. The maximum absolute atomic E-state index is 12.5. The van der Waals surface area contributed by atoms with Crippen molar-refractivity contribution >= 4 is 5.97 Å². The number of benzene rings is 1. The number of carbonyl (C=O) groups is 1. The van der Waals surface area contributed by atoms with E-state index in [-0.39, 0.29) is 6.04 Å². The molecule has 0 radical (unpaired) electrons. The van der Waals surface area contributed by atoms with Crippen LogP contribution in [0, 0.1) is 5.92 Å². The lowest BCUT2D eigenvalue weighted by Gasteiger charge is -2.23. The molecule has 110 valence electrons. The van der Waals surface area contributed by atoms with E-state index in [1.807, 2.05) is 11.8 Å². The van der Waals surface area contributed by atoms with Crippen molar-refractivity contribution in [2.75, 3.05) is 6.54 Å². The maximum atomic E-state index is 12.5. The summed E-state index contributed by atoms with van der Waals surface area (Å²) < 4.78 is 37.4. The Hall–Kier alpha value is -1.56. The number of hydrogen-bond acceptors (Lipinski definition) is 2. The third-order valence-electron chi connectivity index (χ3n) is 3.87. The van der Waals surface area contributed by atoms with Crippen LogP contribution in [0.2, 0.25) is 0 Å². The second-order valence-corrected chi connectivity index (χ2v) is 5.14. The minimum atomic E-state index is -4.33. The molecule has 0 saturated carbocycles. The van der Waals surface area contributed by atoms with Crippen molar-refractivity contribution in [1.82, 2.24) is 4.90 Å². The van der Waals surface area contributed by atoms with Crippen LogP contribution in [0.4, 0.5) is 13.2 Å². The van der Waals surface area contributed by atoms with Gasteiger partial charge in [-0.05, 0) is 37.6 Å². The van der Waals surface area contributed by atoms with Crippen molar-refractivity contribution in [3.05, 3.63) is 35.4 Å². The van der Waals surface area contributed by atoms with Crippen molar-refractivity contribution in [2.45, 2.75) is 32.1 Å². The third kappa shape index (κ3) is 3.12. The van der Waals surface area contributed by atoms with E-state index in [0.717, 1.165) is 17.7 Å². The van der Waals surface area contributed by atoms with Gasteiger partial charge < -0.3 is 5.11 Å². The molecule has 1 heterocycles. The number of carboxylic acid groups (broad SMARTS) is 1. The van der Waals surface area contributed by atoms with Crippen LogP contribution < -0.4 is 0 Å². The summed E-state index contributed by atoms with van der Waals surface area (Å²) in [6.07, 6.45) is -3.75. The first-order chi connectivity index (χ1) is 9.29. The standard InChI is InChI=1S/C14H16F3NO2/c1-9-12(13(19)20)6-7-18(9)8-10-2-4-11(5-3-10)14(15,16)17/h2-5,9,12H,6-8H2,1H3,(H,19,20). The molecular formula is C14H16F3NO2. The summed E-state index contributed by atoms with van der Waals surface area (Å²) in [5.74, 6) is -1.21. The molecule has 20 heavy (non-hydrogen) atoms. The van der Waals surface area contributed by atoms with Crippen LogP contribution in [-0.2, 0) is 17.5 Å². The van der Waals surface area contributed by atoms with E-state index < -0.39 is 23.6 Å². The molecule has 2 rings (SSSR count). The number of aliphatic carboxylic acids is 1. The van der Waals surface area contributed by atoms with Crippen molar-refractivity contribution in [3.63, 3.8) is 0 Å². The monoisotopic (exact) mass is 287 g/mol. The van der Waals surface area contributed by atoms with Crippen molar-refractivity contribution < 1.29 is 23.1 Å². The highest BCUT2D eigenvalue weighted by atomic mass is 19.4. The second kappa shape index (κ2) is 5.44. The van der Waals surface area contributed by atoms with E-state index in [1.54, 1.807) is 0 Å². The van der Waals surface area contributed by atoms with Crippen LogP contribution in [0.3, 0.4) is 0 Å². The Balaban J connectivity index is 2.03. The fourth-order valence-corrected chi connectivity index (χ4v) is 2.59. The first kappa shape index (κ1) is 14.8. The molecule has 1 fully saturated rings. The number of rotatable bonds is 3. The van der Waals surface area contributed by atoms with Crippen LogP contribution in [0.25, 0.3) is 0 Å². The molecular weight excluding hydrogens is 271 g/mol. The Kier molecular flexibility index (Phi) is 4.04. The molecule has 0 amide bonds. The second-order valence-electron chi connectivity index (χ2n) is 5.14. The largest absolute Gasteiger partial charge is 0.481 e. The lowest BCUT2D eigenvalue weighted by Crippen LogP contribution is -2.32. The fourth-order valence-electron chi connectivity index (χ4n) is 2.59. The molecule has 0 bridgehead atoms. The molecule has 1 saturated heterocycles. The molecule has 0 spiro atoms. The number of hydrogen-bond donors (Lipinski definition) is 1. The molecule has 1 aliphatic rings. The van der Waals surface area contributed by atoms with Gasteiger partial charge in [-0.2, -0.15) is 13.2 Å². The minimum Gasteiger partial charge on any atom is -0.481 e. The zero-order valence-corrected chi connectivity index (χ0v) is 11.0. The molecule has 1 aromatic rings. The Bertz CT molecular complexity index is 484. The van der Waals surface area contributed by atoms with Gasteiger partial charge >= 0.3 is 12.1 Å². The minimum absolute atomic E-state index is 0.102. The molecule has 1 aromatic carbocycles. The Labute approximate surface area is 115 Å². The first-order valence-corrected chi connectivity index (χ1v) is 6.42. The van der Waals surface area contributed by atoms with Gasteiger partial charge in [-0.15, -0.1) is 0 Å². The molecule has 0 aliphatic carbocycles. The summed E-state index contributed by atoms with van der Waals surface area (Å²) in [7, 11) is 0. The van der Waals surface area contributed by atoms with Gasteiger partial charge in [-0.25, -0.2) is 0 Å². The van der Waals surface area contributed by atoms with Gasteiger partial charge in [0, 0.05) is 12.6 Å². The van der Waals surface area contributed by atoms with Crippen LogP contribution in [0.5, 0.6) is 0 Å². The van der Waals surface area contributed by atoms with Crippen LogP contribution >= 0.6 is 0 Å². The maximum Gasteiger partial charge on any atom is 0.416 e. The lowest BCUT2D eigenvalue weighted by atomic mass is 10.0. The van der Waals surface area contributed by atoms with Crippen molar-refractivity contribution in [1.29, 1.82) is 0 Å². The SMILES string of the molecule is CC1C(C(=O)O)CCN1Cc1ccc(C(F)(F)F)cc1. The average molecular weight is 287 g/mol. The topological polar surface area (TPSA) is 40.5 Å². The number of halogens is 3. The normalized spacial score (nSPS) is 24.0. The van der Waals surface area contributed by atoms with Crippen molar-refractivity contribution in [2.24, 2.45) is 5.92 Å². The Morgan fingerprint density at radius 3 is 2.40 bits per heavy atom. The smallest absolute Gasteiger partial charge is 0.416 e. The van der Waals surface area contributed by atoms with Gasteiger partial charge in [0.25, 0.3) is 0 Å². The highest BCUT2D eigenvalue weighted by Gasteiger charge is 2.35. The highest BCUT2D eigenvalue weighted by Crippen LogP contribution is 2.30. The highest BCUT2D eigenvalue weighted by molar-refractivity contribution is 5.71. The molecule has 1 N–H and O–H groups in total. The van der Waals surface area contributed by atoms with E-state index in [4.69, 9.17) is 5.11 Å². The van der Waals surface area contributed by atoms with E-state index in [9.17, 15) is 18.0 Å². The van der Waals surface area contributed by atoms with Gasteiger partial charge in [-0.3, -0.25) is 9.69 Å². The predicted molar refractivity (Wildman–Crippen MR) is 67.1 cm³/mol. The summed E-state index contributed by atoms with van der Waals surface area (Å²) in [4.78, 5) is 13.0. The molecule has 2 atom stereocenters. The molecule has 1 aliphatic heterocycles. The van der Waals surface area contributed by atoms with E-state index in [2.05, 4.69) is 0 Å². The summed E-state index contributed by atoms with van der Waals surface area (Å²) >= 11 is 0. The molecule has 2 unspecified atom stereocenters. The average Bonchev–Trinajstić information content (AvgIpc) is 2.71. The van der Waals surface area contributed by atoms with E-state index in [1.165, 1.54) is 12.1 Å². The van der Waals surface area contributed by atoms with Crippen LogP contribution in [0.15, 0.2) is 24.3 Å². The Morgan fingerprint density at radius 1 is 1.35 bits per heavy atom. The number of nitrogens with zero attached hydrogens (tertiary/aromatic N) is 1. The van der Waals surface area contributed by atoms with Gasteiger partial charge in [0.1, 0.15) is 0 Å². The third-order valence-corrected chi connectivity index (χ3v) is 3.87. The molecule has 0 aromatic heterocycles. The fraction of sp³-hybridized carbons (Fsp3) is 0.500. The van der Waals surface area contributed by atoms with E-state index >= 15 is 0 Å². The number of likely N-dealkylation sites (tertiary alicyclic amines) is 1. The molecule has 3 nitrogen and oxygen atoms in total. The summed E-state index contributed by atoms with van der Waals surface area (Å²) in [6.45, 7) is 2.97. The number of carboxylic acids is 1. The zero-order chi connectivity index (χ0) is 14.9. The van der Waals surface area contributed by atoms with Gasteiger partial charge in [0.2, 0.25) is 0 Å². The van der Waals surface area contributed by atoms with E-state index in [0.29, 0.717) is 19.5 Å².